The number of carbonyl (C=O) groups excluding carboxylic acids is 1. The van der Waals surface area contributed by atoms with Gasteiger partial charge in [-0.1, -0.05) is 12.1 Å². The number of pyridine rings is 1. The smallest absolute Gasteiger partial charge is 0.261 e. The topological polar surface area (TPSA) is 45.2 Å². The summed E-state index contributed by atoms with van der Waals surface area (Å²) in [5.41, 5.74) is 5.97. The van der Waals surface area contributed by atoms with Crippen LogP contribution in [0.15, 0.2) is 30.3 Å². The van der Waals surface area contributed by atoms with E-state index in [-0.39, 0.29) is 5.91 Å². The van der Waals surface area contributed by atoms with Gasteiger partial charge in [-0.05, 0) is 81.3 Å². The van der Waals surface area contributed by atoms with E-state index in [1.165, 1.54) is 60.5 Å². The molecule has 1 aromatic carbocycles. The Hall–Kier alpha value is -2.40. The predicted molar refractivity (Wildman–Crippen MR) is 122 cm³/mol. The summed E-state index contributed by atoms with van der Waals surface area (Å²) in [5, 5.41) is 4.17. The molecule has 3 heterocycles. The van der Waals surface area contributed by atoms with Gasteiger partial charge in [0.15, 0.2) is 0 Å². The van der Waals surface area contributed by atoms with Gasteiger partial charge in [0.1, 0.15) is 4.83 Å². The first kappa shape index (κ1) is 19.9. The fourth-order valence-corrected chi connectivity index (χ4v) is 5.31. The number of carbonyl (C=O) groups is 1. The second-order valence-electron chi connectivity index (χ2n) is 8.04. The minimum atomic E-state index is 0.00446. The Morgan fingerprint density at radius 1 is 1.10 bits per heavy atom. The summed E-state index contributed by atoms with van der Waals surface area (Å²) in [6.45, 7) is 9.15. The number of hydrogen-bond donors (Lipinski definition) is 1. The molecule has 1 amide bonds. The Labute approximate surface area is 177 Å². The fourth-order valence-electron chi connectivity index (χ4n) is 4.17. The average Bonchev–Trinajstić information content (AvgIpc) is 3.04. The van der Waals surface area contributed by atoms with Gasteiger partial charge >= 0.3 is 0 Å². The number of anilines is 1. The molecule has 1 fully saturated rings. The van der Waals surface area contributed by atoms with Crippen LogP contribution in [0.25, 0.3) is 10.2 Å². The number of thiophene rings is 1. The largest absolute Gasteiger partial charge is 0.371 e. The number of benzene rings is 1. The second-order valence-corrected chi connectivity index (χ2v) is 9.04. The van der Waals surface area contributed by atoms with Crippen LogP contribution in [-0.4, -0.2) is 30.5 Å². The number of nitrogens with one attached hydrogen (secondary N) is 1. The summed E-state index contributed by atoms with van der Waals surface area (Å²) in [6.07, 6.45) is 4.77. The SMILES string of the molecule is Cc1ccc2c(C)c(C(=O)NCCc3ccc(N4CCCCC4)c(C)c3)sc2n1. The van der Waals surface area contributed by atoms with Gasteiger partial charge in [-0.3, -0.25) is 4.79 Å². The number of hydrogen-bond acceptors (Lipinski definition) is 4. The highest BCUT2D eigenvalue weighted by atomic mass is 32.1. The summed E-state index contributed by atoms with van der Waals surface area (Å²) >= 11 is 1.48. The van der Waals surface area contributed by atoms with E-state index in [1.807, 2.05) is 19.9 Å². The van der Waals surface area contributed by atoms with Crippen molar-refractivity contribution in [2.24, 2.45) is 0 Å². The Bertz CT molecular complexity index is 1030. The van der Waals surface area contributed by atoms with Gasteiger partial charge in [0.25, 0.3) is 5.91 Å². The maximum Gasteiger partial charge on any atom is 0.261 e. The van der Waals surface area contributed by atoms with Crippen LogP contribution in [0, 0.1) is 20.8 Å². The Morgan fingerprint density at radius 3 is 2.66 bits per heavy atom. The standard InChI is InChI=1S/C24H29N3OS/c1-16-15-19(8-10-21(16)27-13-5-4-6-14-27)11-12-25-23(28)22-18(3)20-9-7-17(2)26-24(20)29-22/h7-10,15H,4-6,11-14H2,1-3H3,(H,25,28). The molecule has 152 valence electrons. The van der Waals surface area contributed by atoms with Crippen LogP contribution in [0.3, 0.4) is 0 Å². The lowest BCUT2D eigenvalue weighted by molar-refractivity contribution is 0.0957. The molecule has 2 aromatic heterocycles. The van der Waals surface area contributed by atoms with Crippen LogP contribution in [0.5, 0.6) is 0 Å². The van der Waals surface area contributed by atoms with E-state index in [2.05, 4.69) is 46.4 Å². The van der Waals surface area contributed by atoms with Gasteiger partial charge in [-0.2, -0.15) is 0 Å². The molecule has 3 aromatic rings. The van der Waals surface area contributed by atoms with Crippen LogP contribution in [0.4, 0.5) is 5.69 Å². The van der Waals surface area contributed by atoms with Crippen LogP contribution < -0.4 is 10.2 Å². The van der Waals surface area contributed by atoms with Gasteiger partial charge in [0.05, 0.1) is 4.88 Å². The van der Waals surface area contributed by atoms with Crippen molar-refractivity contribution < 1.29 is 4.79 Å². The lowest BCUT2D eigenvalue weighted by atomic mass is 10.0. The lowest BCUT2D eigenvalue weighted by Crippen LogP contribution is -2.30. The molecule has 4 rings (SSSR count). The van der Waals surface area contributed by atoms with Crippen LogP contribution in [0.1, 0.15) is 51.3 Å². The third-order valence-corrected chi connectivity index (χ3v) is 7.01. The Balaban J connectivity index is 1.38. The summed E-state index contributed by atoms with van der Waals surface area (Å²) < 4.78 is 0. The second kappa shape index (κ2) is 8.54. The predicted octanol–water partition coefficient (Wildman–Crippen LogP) is 5.18. The molecule has 0 atom stereocenters. The van der Waals surface area contributed by atoms with Gasteiger partial charge in [0.2, 0.25) is 0 Å². The van der Waals surface area contributed by atoms with E-state index in [1.54, 1.807) is 0 Å². The molecule has 0 spiro atoms. The normalized spacial score (nSPS) is 14.4. The molecule has 1 N–H and O–H groups in total. The van der Waals surface area contributed by atoms with E-state index >= 15 is 0 Å². The van der Waals surface area contributed by atoms with Crippen molar-refractivity contribution in [2.75, 3.05) is 24.5 Å². The minimum Gasteiger partial charge on any atom is -0.371 e. The lowest BCUT2D eigenvalue weighted by Gasteiger charge is -2.30. The first-order valence-electron chi connectivity index (χ1n) is 10.5. The summed E-state index contributed by atoms with van der Waals surface area (Å²) in [4.78, 5) is 21.5. The van der Waals surface area contributed by atoms with Crippen molar-refractivity contribution in [3.05, 3.63) is 57.6 Å². The molecule has 0 radical (unpaired) electrons. The van der Waals surface area contributed by atoms with Crippen LogP contribution in [0.2, 0.25) is 0 Å². The monoisotopic (exact) mass is 407 g/mol. The third-order valence-electron chi connectivity index (χ3n) is 5.81. The number of rotatable bonds is 5. The molecule has 5 heteroatoms. The zero-order chi connectivity index (χ0) is 20.4. The zero-order valence-corrected chi connectivity index (χ0v) is 18.4. The maximum absolute atomic E-state index is 12.7. The van der Waals surface area contributed by atoms with Crippen LogP contribution in [-0.2, 0) is 6.42 Å². The first-order chi connectivity index (χ1) is 14.0. The number of fused-ring (bicyclic) bond motifs is 1. The van der Waals surface area contributed by atoms with Gasteiger partial charge < -0.3 is 10.2 Å². The molecule has 1 saturated heterocycles. The molecular formula is C24H29N3OS. The van der Waals surface area contributed by atoms with E-state index < -0.39 is 0 Å². The molecule has 0 unspecified atom stereocenters. The van der Waals surface area contributed by atoms with E-state index in [0.717, 1.165) is 32.8 Å². The highest BCUT2D eigenvalue weighted by Gasteiger charge is 2.16. The number of amides is 1. The number of aryl methyl sites for hydroxylation is 3. The Morgan fingerprint density at radius 2 is 1.90 bits per heavy atom. The van der Waals surface area contributed by atoms with Crippen molar-refractivity contribution in [2.45, 2.75) is 46.5 Å². The quantitative estimate of drug-likeness (QED) is 0.633. The molecular weight excluding hydrogens is 378 g/mol. The fraction of sp³-hybridized carbons (Fsp3) is 0.417. The highest BCUT2D eigenvalue weighted by molar-refractivity contribution is 7.20. The molecule has 1 aliphatic rings. The third kappa shape index (κ3) is 4.30. The number of piperidine rings is 1. The molecule has 29 heavy (non-hydrogen) atoms. The summed E-state index contributed by atoms with van der Waals surface area (Å²) in [5.74, 6) is 0.00446. The molecule has 4 nitrogen and oxygen atoms in total. The van der Waals surface area contributed by atoms with Gasteiger partial charge in [-0.15, -0.1) is 11.3 Å². The van der Waals surface area contributed by atoms with Gasteiger partial charge in [0, 0.05) is 36.4 Å². The van der Waals surface area contributed by atoms with E-state index in [4.69, 9.17) is 0 Å². The van der Waals surface area contributed by atoms with Crippen molar-refractivity contribution in [3.8, 4) is 0 Å². The number of nitrogens with zero attached hydrogens (tertiary/aromatic N) is 2. The van der Waals surface area contributed by atoms with Crippen molar-refractivity contribution in [1.29, 1.82) is 0 Å². The van der Waals surface area contributed by atoms with Crippen LogP contribution >= 0.6 is 11.3 Å². The zero-order valence-electron chi connectivity index (χ0n) is 17.5. The summed E-state index contributed by atoms with van der Waals surface area (Å²) in [7, 11) is 0. The minimum absolute atomic E-state index is 0.00446. The Kier molecular flexibility index (Phi) is 5.86. The maximum atomic E-state index is 12.7. The highest BCUT2D eigenvalue weighted by Crippen LogP contribution is 2.29. The summed E-state index contributed by atoms with van der Waals surface area (Å²) in [6, 6.07) is 10.8. The average molecular weight is 408 g/mol. The molecule has 0 saturated carbocycles. The molecule has 1 aliphatic heterocycles. The first-order valence-corrected chi connectivity index (χ1v) is 11.3. The van der Waals surface area contributed by atoms with E-state index in [9.17, 15) is 4.79 Å². The number of aromatic nitrogens is 1. The van der Waals surface area contributed by atoms with Crippen molar-refractivity contribution in [1.82, 2.24) is 10.3 Å². The van der Waals surface area contributed by atoms with E-state index in [0.29, 0.717) is 6.54 Å². The molecule has 0 aliphatic carbocycles. The van der Waals surface area contributed by atoms with Crippen molar-refractivity contribution in [3.63, 3.8) is 0 Å². The van der Waals surface area contributed by atoms with Crippen molar-refractivity contribution >= 4 is 33.1 Å². The molecule has 0 bridgehead atoms. The van der Waals surface area contributed by atoms with Gasteiger partial charge in [-0.25, -0.2) is 4.98 Å².